The number of aromatic nitrogens is 2. The summed E-state index contributed by atoms with van der Waals surface area (Å²) < 4.78 is 0. The van der Waals surface area contributed by atoms with Crippen LogP contribution in [-0.2, 0) is 23.2 Å². The Morgan fingerprint density at radius 3 is 2.60 bits per heavy atom. The third-order valence-electron chi connectivity index (χ3n) is 7.31. The number of nitrogens with zero attached hydrogens (tertiary/aromatic N) is 2. The number of nitrogens with one attached hydrogen (secondary N) is 1. The van der Waals surface area contributed by atoms with Crippen molar-refractivity contribution < 1.29 is 9.90 Å². The molecule has 1 amide bonds. The maximum absolute atomic E-state index is 13.3. The van der Waals surface area contributed by atoms with Gasteiger partial charge in [0.1, 0.15) is 5.82 Å². The molecule has 1 aliphatic carbocycles. The molecule has 1 unspecified atom stereocenters. The number of amides is 1. The molecule has 1 saturated carbocycles. The van der Waals surface area contributed by atoms with Crippen molar-refractivity contribution in [1.29, 1.82) is 0 Å². The smallest absolute Gasteiger partial charge is 0.256 e. The van der Waals surface area contributed by atoms with Gasteiger partial charge in [0.2, 0.25) is 0 Å². The number of H-pyrrole nitrogens is 1. The van der Waals surface area contributed by atoms with Crippen LogP contribution in [0, 0.1) is 0 Å². The molecule has 1 aromatic heterocycles. The first-order valence-electron chi connectivity index (χ1n) is 12.2. The largest absolute Gasteiger partial charge is 0.378 e. The normalized spacial score (nSPS) is 17.6. The second-order valence-electron chi connectivity index (χ2n) is 10.0. The lowest BCUT2D eigenvalue weighted by molar-refractivity contribution is -0.141. The molecule has 0 saturated heterocycles. The van der Waals surface area contributed by atoms with Gasteiger partial charge in [-0.25, -0.2) is 4.98 Å². The van der Waals surface area contributed by atoms with E-state index < -0.39 is 12.0 Å². The van der Waals surface area contributed by atoms with Crippen LogP contribution in [0.1, 0.15) is 78.9 Å². The number of rotatable bonds is 5. The van der Waals surface area contributed by atoms with Gasteiger partial charge in [-0.1, -0.05) is 61.8 Å². The first-order valence-corrected chi connectivity index (χ1v) is 12.6. The van der Waals surface area contributed by atoms with Crippen molar-refractivity contribution in [3.63, 3.8) is 0 Å². The summed E-state index contributed by atoms with van der Waals surface area (Å²) in [6.45, 7) is 4.93. The Hall–Kier alpha value is -2.96. The van der Waals surface area contributed by atoms with Gasteiger partial charge >= 0.3 is 0 Å². The molecule has 2 N–H and O–H groups in total. The Bertz CT molecular complexity index is 1330. The van der Waals surface area contributed by atoms with Crippen LogP contribution in [-0.4, -0.2) is 32.4 Å². The fourth-order valence-corrected chi connectivity index (χ4v) is 5.21. The highest BCUT2D eigenvalue weighted by molar-refractivity contribution is 6.30. The van der Waals surface area contributed by atoms with Gasteiger partial charge in [-0.05, 0) is 60.4 Å². The Balaban J connectivity index is 1.43. The lowest BCUT2D eigenvalue weighted by Gasteiger charge is -2.24. The van der Waals surface area contributed by atoms with Crippen molar-refractivity contribution >= 4 is 17.5 Å². The van der Waals surface area contributed by atoms with Crippen molar-refractivity contribution in [2.24, 2.45) is 0 Å². The van der Waals surface area contributed by atoms with E-state index in [1.165, 1.54) is 11.1 Å². The van der Waals surface area contributed by atoms with Crippen LogP contribution < -0.4 is 5.56 Å². The third-order valence-corrected chi connectivity index (χ3v) is 7.55. The van der Waals surface area contributed by atoms with E-state index in [-0.39, 0.29) is 17.5 Å². The molecule has 0 radical (unpaired) electrons. The Morgan fingerprint density at radius 1 is 1.14 bits per heavy atom. The lowest BCUT2D eigenvalue weighted by Crippen LogP contribution is -2.36. The molecule has 5 rings (SSSR count). The predicted octanol–water partition coefficient (Wildman–Crippen LogP) is 4.64. The molecule has 35 heavy (non-hydrogen) atoms. The molecule has 2 aliphatic rings. The summed E-state index contributed by atoms with van der Waals surface area (Å²) in [6.07, 6.45) is 1.86. The summed E-state index contributed by atoms with van der Waals surface area (Å²) in [4.78, 5) is 35.9. The van der Waals surface area contributed by atoms with Crippen molar-refractivity contribution in [3.8, 4) is 0 Å². The Labute approximate surface area is 210 Å². The third kappa shape index (κ3) is 4.53. The highest BCUT2D eigenvalue weighted by Crippen LogP contribution is 2.52. The minimum Gasteiger partial charge on any atom is -0.378 e. The number of aliphatic hydroxyl groups is 1. The molecule has 6 nitrogen and oxygen atoms in total. The molecule has 2 aromatic carbocycles. The zero-order valence-corrected chi connectivity index (χ0v) is 20.8. The molecule has 2 heterocycles. The monoisotopic (exact) mass is 491 g/mol. The number of benzene rings is 2. The van der Waals surface area contributed by atoms with E-state index in [0.29, 0.717) is 41.5 Å². The summed E-state index contributed by atoms with van der Waals surface area (Å²) in [5.74, 6) is 0.712. The van der Waals surface area contributed by atoms with Gasteiger partial charge in [0, 0.05) is 11.6 Å². The topological polar surface area (TPSA) is 86.3 Å². The summed E-state index contributed by atoms with van der Waals surface area (Å²) >= 11 is 6.03. The summed E-state index contributed by atoms with van der Waals surface area (Å²) in [5, 5.41) is 11.1. The average Bonchev–Trinajstić information content (AvgIpc) is 3.68. The second-order valence-corrected chi connectivity index (χ2v) is 10.5. The molecule has 3 aromatic rings. The highest BCUT2D eigenvalue weighted by Gasteiger charge is 2.49. The predicted molar refractivity (Wildman–Crippen MR) is 136 cm³/mol. The van der Waals surface area contributed by atoms with Gasteiger partial charge in [-0.2, -0.15) is 0 Å². The molecule has 7 heteroatoms. The molecule has 182 valence electrons. The van der Waals surface area contributed by atoms with Gasteiger partial charge in [0.05, 0.1) is 23.2 Å². The Kier molecular flexibility index (Phi) is 6.28. The number of hydrogen-bond donors (Lipinski definition) is 2. The van der Waals surface area contributed by atoms with Crippen LogP contribution >= 0.6 is 11.6 Å². The number of halogens is 1. The van der Waals surface area contributed by atoms with E-state index >= 15 is 0 Å². The number of carbonyl (C=O) groups excluding carboxylic acids is 1. The van der Waals surface area contributed by atoms with Gasteiger partial charge in [-0.15, -0.1) is 0 Å². The van der Waals surface area contributed by atoms with Crippen LogP contribution in [0.15, 0.2) is 53.3 Å². The number of hydrogen-bond acceptors (Lipinski definition) is 4. The van der Waals surface area contributed by atoms with Gasteiger partial charge in [-0.3, -0.25) is 9.59 Å². The number of aromatic amines is 1. The minimum absolute atomic E-state index is 0.129. The van der Waals surface area contributed by atoms with Crippen molar-refractivity contribution in [2.75, 3.05) is 6.54 Å². The summed E-state index contributed by atoms with van der Waals surface area (Å²) in [7, 11) is 0. The number of aliphatic hydroxyl groups excluding tert-OH is 1. The lowest BCUT2D eigenvalue weighted by atomic mass is 9.90. The zero-order chi connectivity index (χ0) is 24.7. The van der Waals surface area contributed by atoms with Crippen LogP contribution in [0.5, 0.6) is 0 Å². The van der Waals surface area contributed by atoms with Crippen LogP contribution in [0.25, 0.3) is 0 Å². The molecule has 1 atom stereocenters. The maximum Gasteiger partial charge on any atom is 0.256 e. The molecular formula is C28H30ClN3O3. The SMILES string of the molecule is CC(C)c1cccc(C2(c3nc4c(c(=O)[nH]3)CN(C(=O)C(O)c3cccc(Cl)c3)CCC4)CC2)c1. The van der Waals surface area contributed by atoms with E-state index in [9.17, 15) is 14.7 Å². The minimum atomic E-state index is -1.33. The van der Waals surface area contributed by atoms with Crippen molar-refractivity contribution in [3.05, 3.63) is 97.7 Å². The molecular weight excluding hydrogens is 462 g/mol. The molecule has 1 aliphatic heterocycles. The highest BCUT2D eigenvalue weighted by atomic mass is 35.5. The van der Waals surface area contributed by atoms with E-state index in [4.69, 9.17) is 16.6 Å². The molecule has 1 fully saturated rings. The second kappa shape index (κ2) is 9.25. The Morgan fingerprint density at radius 2 is 1.89 bits per heavy atom. The van der Waals surface area contributed by atoms with E-state index in [2.05, 4.69) is 43.1 Å². The van der Waals surface area contributed by atoms with Gasteiger partial charge < -0.3 is 15.0 Å². The number of carbonyl (C=O) groups is 1. The fraction of sp³-hybridized carbons (Fsp3) is 0.393. The van der Waals surface area contributed by atoms with Crippen molar-refractivity contribution in [2.45, 2.75) is 63.5 Å². The quantitative estimate of drug-likeness (QED) is 0.544. The maximum atomic E-state index is 13.3. The standard InChI is InChI=1S/C28H30ClN3O3/c1-17(2)18-6-3-8-20(14-18)28(11-12-28)27-30-23-10-5-13-32(16-22(23)25(34)31-27)26(35)24(33)19-7-4-9-21(29)15-19/h3-4,6-9,14-15,17,24,33H,5,10-13,16H2,1-2H3,(H,30,31,34). The first-order chi connectivity index (χ1) is 16.8. The van der Waals surface area contributed by atoms with Crippen molar-refractivity contribution in [1.82, 2.24) is 14.9 Å². The van der Waals surface area contributed by atoms with Crippen LogP contribution in [0.2, 0.25) is 5.02 Å². The summed E-state index contributed by atoms with van der Waals surface area (Å²) in [5.41, 5.74) is 3.72. The zero-order valence-electron chi connectivity index (χ0n) is 20.1. The van der Waals surface area contributed by atoms with E-state index in [1.54, 1.807) is 29.2 Å². The average molecular weight is 492 g/mol. The number of fused-ring (bicyclic) bond motifs is 1. The first kappa shape index (κ1) is 23.8. The summed E-state index contributed by atoms with van der Waals surface area (Å²) in [6, 6.07) is 15.2. The molecule has 0 spiro atoms. The van der Waals surface area contributed by atoms with E-state index in [0.717, 1.165) is 24.4 Å². The van der Waals surface area contributed by atoms with Crippen LogP contribution in [0.3, 0.4) is 0 Å². The molecule has 0 bridgehead atoms. The number of aryl methyl sites for hydroxylation is 1. The van der Waals surface area contributed by atoms with Crippen LogP contribution in [0.4, 0.5) is 0 Å². The van der Waals surface area contributed by atoms with Gasteiger partial charge in [0.25, 0.3) is 11.5 Å². The van der Waals surface area contributed by atoms with E-state index in [1.807, 2.05) is 0 Å². The fourth-order valence-electron chi connectivity index (χ4n) is 5.01. The van der Waals surface area contributed by atoms with Gasteiger partial charge in [0.15, 0.2) is 6.10 Å².